The van der Waals surface area contributed by atoms with Crippen LogP contribution in [0.4, 0.5) is 0 Å². The summed E-state index contributed by atoms with van der Waals surface area (Å²) in [5.41, 5.74) is 0. The summed E-state index contributed by atoms with van der Waals surface area (Å²) in [6.07, 6.45) is 0. The topological polar surface area (TPSA) is 497 Å². The van der Waals surface area contributed by atoms with E-state index < -0.39 is 62.6 Å². The maximum atomic E-state index is 10.7. The Morgan fingerprint density at radius 1 is 0.278 bits per heavy atom. The first-order chi connectivity index (χ1) is 14.5. The molecule has 0 radical (unpaired) electrons. The van der Waals surface area contributed by atoms with Gasteiger partial charge in [-0.2, -0.15) is 21.6 Å². The van der Waals surface area contributed by atoms with Crippen molar-refractivity contribution in [3.05, 3.63) is 0 Å². The minimum absolute atomic E-state index is 0. The van der Waals surface area contributed by atoms with Crippen molar-refractivity contribution in [2.24, 2.45) is 0 Å². The summed E-state index contributed by atoms with van der Waals surface area (Å²) in [7, 11) is -42.8. The Bertz CT molecular complexity index is 909. The molecule has 224 valence electrons. The molecule has 36 heavy (non-hydrogen) atoms. The van der Waals surface area contributed by atoms with E-state index in [2.05, 4.69) is 21.6 Å². The third kappa shape index (κ3) is 42.1. The van der Waals surface area contributed by atoms with Gasteiger partial charge in [0.2, 0.25) is 0 Å². The van der Waals surface area contributed by atoms with E-state index in [0.717, 1.165) is 0 Å². The van der Waals surface area contributed by atoms with Crippen LogP contribution in [0, 0.1) is 0 Å². The van der Waals surface area contributed by atoms with Gasteiger partial charge >= 0.3 is 62.6 Å². The van der Waals surface area contributed by atoms with Gasteiger partial charge in [0.05, 0.1) is 0 Å². The van der Waals surface area contributed by atoms with Crippen molar-refractivity contribution in [1.29, 1.82) is 0 Å². The molecule has 0 aliphatic heterocycles. The summed E-state index contributed by atoms with van der Waals surface area (Å²) in [5.74, 6) is 0. The molecule has 0 heterocycles. The molecule has 0 aliphatic rings. The fourth-order valence-corrected chi connectivity index (χ4v) is 6.89. The second-order valence-corrected chi connectivity index (χ2v) is 15.3. The molecule has 16 N–H and O–H groups in total. The Balaban J connectivity index is -0.000000230. The Morgan fingerprint density at radius 3 is 0.500 bits per heavy atom. The lowest BCUT2D eigenvalue weighted by Gasteiger charge is -2.15. The third-order valence-electron chi connectivity index (χ3n) is 1.05. The quantitative estimate of drug-likeness (QED) is 0.100. The zero-order valence-corrected chi connectivity index (χ0v) is 22.8. The summed E-state index contributed by atoms with van der Waals surface area (Å²) in [6.45, 7) is 0. The predicted molar refractivity (Wildman–Crippen MR) is 101 cm³/mol. The normalized spacial score (nSPS) is 16.6. The fourth-order valence-electron chi connectivity index (χ4n) is 0.706. The average molecular weight is 712 g/mol. The van der Waals surface area contributed by atoms with Gasteiger partial charge in [0.15, 0.2) is 0 Å². The van der Waals surface area contributed by atoms with E-state index in [1.165, 1.54) is 0 Å². The van der Waals surface area contributed by atoms with Crippen molar-refractivity contribution in [2.45, 2.75) is 0 Å². The number of phosphoric acid groups is 8. The van der Waals surface area contributed by atoms with Crippen LogP contribution in [0.5, 0.6) is 0 Å². The summed E-state index contributed by atoms with van der Waals surface area (Å²) in [6, 6.07) is 0. The highest BCUT2D eigenvalue weighted by atomic mass is 31.3. The Hall–Kier alpha value is 1.04. The third-order valence-corrected chi connectivity index (χ3v) is 9.46. The van der Waals surface area contributed by atoms with Gasteiger partial charge in [0, 0.05) is 0 Å². The maximum Gasteiger partial charge on any atom is 0.490 e. The molecule has 28 nitrogen and oxygen atoms in total. The summed E-state index contributed by atoms with van der Waals surface area (Å²) >= 11 is 0. The molecule has 0 saturated heterocycles. The Kier molecular flexibility index (Phi) is 18.5. The number of hydrogen-bond acceptors (Lipinski definition) is 13. The smallest absolute Gasteiger partial charge is 0.412 e. The van der Waals surface area contributed by atoms with Gasteiger partial charge in [-0.25, -0.2) is 36.5 Å². The molecule has 2 unspecified atom stereocenters. The second kappa shape index (κ2) is 15.2. The fraction of sp³-hybridized carbons (Fsp3) is 0. The van der Waals surface area contributed by atoms with Crippen LogP contribution in [0.15, 0.2) is 0 Å². The Morgan fingerprint density at radius 2 is 0.417 bits per heavy atom. The van der Waals surface area contributed by atoms with E-state index in [4.69, 9.17) is 68.5 Å². The van der Waals surface area contributed by atoms with Gasteiger partial charge in [-0.05, 0) is 0 Å². The lowest BCUT2D eigenvalue weighted by molar-refractivity contribution is 0.192. The number of rotatable bonds is 10. The van der Waals surface area contributed by atoms with Crippen LogP contribution < -0.4 is 0 Å². The lowest BCUT2D eigenvalue weighted by atomic mass is 15.7. The SMILES string of the molecule is O.O=P(O)(O)OP(=O)(O)O.O=P(O)(O)OP(=O)(O)O.O=P(O)(O)OP(=O)(O)OP(=O)(O)OP(=O)(O)O. The molecule has 0 fully saturated rings. The van der Waals surface area contributed by atoms with Gasteiger partial charge < -0.3 is 74.0 Å². The van der Waals surface area contributed by atoms with E-state index in [9.17, 15) is 36.5 Å². The molecule has 0 spiro atoms. The molecule has 0 aromatic heterocycles. The summed E-state index contributed by atoms with van der Waals surface area (Å²) in [5, 5.41) is 0. The maximum absolute atomic E-state index is 10.7. The summed E-state index contributed by atoms with van der Waals surface area (Å²) in [4.78, 5) is 111. The average Bonchev–Trinajstić information content (AvgIpc) is 2.19. The first-order valence-corrected chi connectivity index (χ1v) is 18.3. The van der Waals surface area contributed by atoms with Crippen molar-refractivity contribution >= 4 is 62.6 Å². The molecule has 0 bridgehead atoms. The van der Waals surface area contributed by atoms with Crippen LogP contribution in [0.1, 0.15) is 0 Å². The highest BCUT2D eigenvalue weighted by Crippen LogP contribution is 2.69. The molecule has 0 saturated carbocycles. The highest BCUT2D eigenvalue weighted by molar-refractivity contribution is 7.69. The zero-order chi connectivity index (χ0) is 29.5. The van der Waals surface area contributed by atoms with Crippen molar-refractivity contribution in [3.8, 4) is 0 Å². The standard InChI is InChI=1S/H6O13P4.2H4O7P2.H2O/c1-14(2,3)11-16(7,8)13-17(9,10)12-15(4,5)6;2*1-8(2,3)7-9(4,5)6;/h(H,7,8)(H,9,10)(H2,1,2,3)(H2,4,5,6);2*(H2,1,2,3)(H2,4,5,6);1H2. The van der Waals surface area contributed by atoms with Crippen LogP contribution in [-0.2, 0) is 58.1 Å². The predicted octanol–water partition coefficient (Wildman–Crippen LogP) is -3.03. The molecular formula is H16O28P8. The second-order valence-electron chi connectivity index (χ2n) is 4.29. The molecule has 0 amide bonds. The highest BCUT2D eigenvalue weighted by Gasteiger charge is 2.43. The van der Waals surface area contributed by atoms with Gasteiger partial charge in [0.1, 0.15) is 0 Å². The van der Waals surface area contributed by atoms with Gasteiger partial charge in [-0.15, -0.1) is 0 Å². The van der Waals surface area contributed by atoms with E-state index in [1.807, 2.05) is 0 Å². The van der Waals surface area contributed by atoms with Gasteiger partial charge in [-0.1, -0.05) is 0 Å². The van der Waals surface area contributed by atoms with E-state index in [-0.39, 0.29) is 5.48 Å². The molecule has 0 aromatic rings. The van der Waals surface area contributed by atoms with Crippen LogP contribution in [0.25, 0.3) is 0 Å². The minimum atomic E-state index is -5.77. The first kappa shape index (κ1) is 44.1. The molecular weight excluding hydrogens is 696 g/mol. The van der Waals surface area contributed by atoms with E-state index in [0.29, 0.717) is 0 Å². The van der Waals surface area contributed by atoms with Crippen LogP contribution in [0.2, 0.25) is 0 Å². The molecule has 0 rings (SSSR count). The molecule has 36 heteroatoms. The lowest BCUT2D eigenvalue weighted by Crippen LogP contribution is -1.95. The summed E-state index contributed by atoms with van der Waals surface area (Å²) < 4.78 is 95.3. The van der Waals surface area contributed by atoms with Crippen molar-refractivity contribution in [1.82, 2.24) is 0 Å². The first-order valence-electron chi connectivity index (χ1n) is 6.09. The van der Waals surface area contributed by atoms with Crippen LogP contribution >= 0.6 is 62.6 Å². The monoisotopic (exact) mass is 712 g/mol. The van der Waals surface area contributed by atoms with E-state index >= 15 is 0 Å². The van der Waals surface area contributed by atoms with Crippen LogP contribution in [-0.4, -0.2) is 74.0 Å². The largest absolute Gasteiger partial charge is 0.490 e. The molecule has 0 aliphatic carbocycles. The van der Waals surface area contributed by atoms with Gasteiger partial charge in [-0.3, -0.25) is 0 Å². The van der Waals surface area contributed by atoms with Crippen LogP contribution in [0.3, 0.4) is 0 Å². The number of hydrogen-bond donors (Lipinski definition) is 14. The van der Waals surface area contributed by atoms with Crippen molar-refractivity contribution < 1.29 is 132 Å². The van der Waals surface area contributed by atoms with Crippen molar-refractivity contribution in [3.63, 3.8) is 0 Å². The Labute approximate surface area is 195 Å². The molecule has 2 atom stereocenters. The minimum Gasteiger partial charge on any atom is -0.412 e. The zero-order valence-electron chi connectivity index (χ0n) is 15.6. The molecule has 0 aromatic carbocycles. The van der Waals surface area contributed by atoms with Gasteiger partial charge in [0.25, 0.3) is 0 Å². The van der Waals surface area contributed by atoms with E-state index in [1.54, 1.807) is 0 Å². The van der Waals surface area contributed by atoms with Crippen molar-refractivity contribution in [2.75, 3.05) is 0 Å².